The Morgan fingerprint density at radius 2 is 1.64 bits per heavy atom. The molecule has 28 heavy (non-hydrogen) atoms. The van der Waals surface area contributed by atoms with E-state index in [0.29, 0.717) is 11.5 Å². The number of nitrogens with zero attached hydrogens (tertiary/aromatic N) is 2. The summed E-state index contributed by atoms with van der Waals surface area (Å²) in [7, 11) is 0. The van der Waals surface area contributed by atoms with E-state index in [9.17, 15) is 10.5 Å². The maximum atomic E-state index is 9.18. The lowest BCUT2D eigenvalue weighted by molar-refractivity contribution is -0.869. The Bertz CT molecular complexity index is 868. The van der Waals surface area contributed by atoms with Gasteiger partial charge in [0.2, 0.25) is 0 Å². The molecular formula is C25H28N3+. The van der Waals surface area contributed by atoms with Crippen LogP contribution in [0.4, 0.5) is 0 Å². The van der Waals surface area contributed by atoms with Gasteiger partial charge in [0.1, 0.15) is 23.4 Å². The standard InChI is InChI=1S/C25H27N3/c26-17-24(18-27)22-7-6-21-8-9-25(16-23(21)15-22)28-12-10-20(11-13-28)14-19-4-2-1-3-5-19/h1-5,15-16,20-21H,6-14H2/p+1/t21-/m1/s1. The SMILES string of the molecule is N#CC(C#N)=C1C=C2C=C([NH+]3CCC(Cc4ccccc4)CC3)CC[C@H]2CC1. The van der Waals surface area contributed by atoms with Gasteiger partial charge in [-0.15, -0.1) is 0 Å². The summed E-state index contributed by atoms with van der Waals surface area (Å²) >= 11 is 0. The first-order chi connectivity index (χ1) is 13.8. The van der Waals surface area contributed by atoms with E-state index in [4.69, 9.17) is 0 Å². The fourth-order valence-electron chi connectivity index (χ4n) is 5.10. The highest BCUT2D eigenvalue weighted by Gasteiger charge is 2.30. The van der Waals surface area contributed by atoms with Crippen molar-refractivity contribution in [3.8, 4) is 12.1 Å². The molecular weight excluding hydrogens is 342 g/mol. The lowest BCUT2D eigenvalue weighted by Crippen LogP contribution is -3.11. The molecule has 1 aliphatic heterocycles. The number of allylic oxidation sites excluding steroid dienone is 6. The van der Waals surface area contributed by atoms with Gasteiger partial charge >= 0.3 is 0 Å². The Kier molecular flexibility index (Phi) is 5.75. The Balaban J connectivity index is 1.43. The molecule has 1 aromatic carbocycles. The van der Waals surface area contributed by atoms with Crippen LogP contribution in [0, 0.1) is 34.5 Å². The van der Waals surface area contributed by atoms with Gasteiger partial charge in [-0.3, -0.25) is 0 Å². The van der Waals surface area contributed by atoms with Crippen LogP contribution in [0.15, 0.2) is 64.9 Å². The molecule has 3 nitrogen and oxygen atoms in total. The molecule has 4 rings (SSSR count). The highest BCUT2D eigenvalue weighted by Crippen LogP contribution is 2.37. The van der Waals surface area contributed by atoms with Crippen molar-refractivity contribution in [2.45, 2.75) is 44.9 Å². The summed E-state index contributed by atoms with van der Waals surface area (Å²) in [5, 5.41) is 18.4. The van der Waals surface area contributed by atoms with Gasteiger partial charge in [0, 0.05) is 19.3 Å². The Labute approximate surface area is 168 Å². The van der Waals surface area contributed by atoms with Gasteiger partial charge in [-0.2, -0.15) is 10.5 Å². The molecule has 0 amide bonds. The summed E-state index contributed by atoms with van der Waals surface area (Å²) < 4.78 is 0. The number of benzene rings is 1. The number of nitriles is 2. The number of hydrogen-bond acceptors (Lipinski definition) is 2. The van der Waals surface area contributed by atoms with Crippen LogP contribution in [0.3, 0.4) is 0 Å². The molecule has 2 aliphatic carbocycles. The predicted molar refractivity (Wildman–Crippen MR) is 110 cm³/mol. The molecule has 0 radical (unpaired) electrons. The molecule has 0 aromatic heterocycles. The molecule has 0 bridgehead atoms. The van der Waals surface area contributed by atoms with E-state index in [1.54, 1.807) is 4.90 Å². The van der Waals surface area contributed by atoms with Gasteiger partial charge < -0.3 is 4.90 Å². The summed E-state index contributed by atoms with van der Waals surface area (Å²) in [6.07, 6.45) is 12.7. The molecule has 0 saturated carbocycles. The van der Waals surface area contributed by atoms with Gasteiger partial charge in [0.05, 0.1) is 13.1 Å². The number of fused-ring (bicyclic) bond motifs is 1. The summed E-state index contributed by atoms with van der Waals surface area (Å²) in [6.45, 7) is 2.46. The lowest BCUT2D eigenvalue weighted by Gasteiger charge is -2.34. The molecule has 1 heterocycles. The number of rotatable bonds is 3. The van der Waals surface area contributed by atoms with E-state index in [0.717, 1.165) is 24.3 Å². The third-order valence-corrected chi connectivity index (χ3v) is 6.75. The van der Waals surface area contributed by atoms with Gasteiger partial charge in [0.25, 0.3) is 0 Å². The van der Waals surface area contributed by atoms with E-state index in [1.807, 2.05) is 0 Å². The monoisotopic (exact) mass is 370 g/mol. The maximum absolute atomic E-state index is 9.18. The van der Waals surface area contributed by atoms with Crippen molar-refractivity contribution in [2.24, 2.45) is 11.8 Å². The minimum atomic E-state index is 0.292. The van der Waals surface area contributed by atoms with Crippen LogP contribution in [0.5, 0.6) is 0 Å². The normalized spacial score (nSPS) is 26.9. The van der Waals surface area contributed by atoms with Crippen LogP contribution in [0.1, 0.15) is 44.1 Å². The van der Waals surface area contributed by atoms with E-state index < -0.39 is 0 Å². The van der Waals surface area contributed by atoms with Gasteiger partial charge in [-0.05, 0) is 60.3 Å². The van der Waals surface area contributed by atoms with Gasteiger partial charge in [0.15, 0.2) is 0 Å². The van der Waals surface area contributed by atoms with Crippen LogP contribution in [0.25, 0.3) is 0 Å². The quantitative estimate of drug-likeness (QED) is 0.821. The predicted octanol–water partition coefficient (Wildman–Crippen LogP) is 3.88. The highest BCUT2D eigenvalue weighted by atomic mass is 15.1. The van der Waals surface area contributed by atoms with Gasteiger partial charge in [-0.25, -0.2) is 0 Å². The first-order valence-electron chi connectivity index (χ1n) is 10.6. The fraction of sp³-hybridized carbons (Fsp3) is 0.440. The molecule has 1 fully saturated rings. The molecule has 1 N–H and O–H groups in total. The summed E-state index contributed by atoms with van der Waals surface area (Å²) in [5.74, 6) is 1.42. The molecule has 0 spiro atoms. The van der Waals surface area contributed by atoms with Crippen molar-refractivity contribution in [1.82, 2.24) is 0 Å². The molecule has 1 atom stereocenters. The zero-order valence-corrected chi connectivity index (χ0v) is 16.5. The van der Waals surface area contributed by atoms with Crippen molar-refractivity contribution in [1.29, 1.82) is 10.5 Å². The largest absolute Gasteiger partial charge is 0.306 e. The molecule has 1 aromatic rings. The van der Waals surface area contributed by atoms with Crippen LogP contribution in [-0.4, -0.2) is 13.1 Å². The first-order valence-corrected chi connectivity index (χ1v) is 10.6. The van der Waals surface area contributed by atoms with E-state index in [1.165, 1.54) is 62.0 Å². The smallest absolute Gasteiger partial charge is 0.132 e. The van der Waals surface area contributed by atoms with E-state index >= 15 is 0 Å². The number of quaternary nitrogens is 1. The van der Waals surface area contributed by atoms with Crippen LogP contribution >= 0.6 is 0 Å². The van der Waals surface area contributed by atoms with Crippen LogP contribution in [-0.2, 0) is 6.42 Å². The zero-order valence-electron chi connectivity index (χ0n) is 16.5. The topological polar surface area (TPSA) is 52.0 Å². The van der Waals surface area contributed by atoms with Crippen molar-refractivity contribution in [2.75, 3.05) is 13.1 Å². The van der Waals surface area contributed by atoms with E-state index in [-0.39, 0.29) is 0 Å². The average molecular weight is 371 g/mol. The third kappa shape index (κ3) is 4.11. The molecule has 3 aliphatic rings. The Hall–Kier alpha value is -2.62. The zero-order chi connectivity index (χ0) is 19.3. The van der Waals surface area contributed by atoms with Crippen molar-refractivity contribution in [3.05, 3.63) is 70.5 Å². The van der Waals surface area contributed by atoms with Gasteiger partial charge in [-0.1, -0.05) is 36.4 Å². The van der Waals surface area contributed by atoms with Crippen LogP contribution in [0.2, 0.25) is 0 Å². The summed E-state index contributed by atoms with van der Waals surface area (Å²) in [4.78, 5) is 1.65. The fourth-order valence-corrected chi connectivity index (χ4v) is 5.10. The molecule has 3 heteroatoms. The minimum absolute atomic E-state index is 0.292. The average Bonchev–Trinajstić information content (AvgIpc) is 2.75. The van der Waals surface area contributed by atoms with Crippen LogP contribution < -0.4 is 4.90 Å². The number of nitrogens with one attached hydrogen (secondary N) is 1. The first kappa shape index (κ1) is 18.7. The third-order valence-electron chi connectivity index (χ3n) is 6.75. The maximum Gasteiger partial charge on any atom is 0.132 e. The molecule has 142 valence electrons. The molecule has 0 unspecified atom stereocenters. The summed E-state index contributed by atoms with van der Waals surface area (Å²) in [5.41, 5.74) is 5.58. The second kappa shape index (κ2) is 8.59. The number of likely N-dealkylation sites (tertiary alicyclic amines) is 1. The minimum Gasteiger partial charge on any atom is -0.306 e. The van der Waals surface area contributed by atoms with E-state index in [2.05, 4.69) is 54.6 Å². The lowest BCUT2D eigenvalue weighted by atomic mass is 9.77. The van der Waals surface area contributed by atoms with Crippen molar-refractivity contribution >= 4 is 0 Å². The number of hydrogen-bond donors (Lipinski definition) is 1. The van der Waals surface area contributed by atoms with Crippen molar-refractivity contribution < 1.29 is 4.90 Å². The Morgan fingerprint density at radius 3 is 2.36 bits per heavy atom. The number of piperidine rings is 1. The van der Waals surface area contributed by atoms with Crippen molar-refractivity contribution in [3.63, 3.8) is 0 Å². The summed E-state index contributed by atoms with van der Waals surface area (Å²) in [6, 6.07) is 15.0. The second-order valence-electron chi connectivity index (χ2n) is 8.45. The Morgan fingerprint density at radius 1 is 0.929 bits per heavy atom. The second-order valence-corrected chi connectivity index (χ2v) is 8.45. The molecule has 1 saturated heterocycles. The highest BCUT2D eigenvalue weighted by molar-refractivity contribution is 5.49.